The Morgan fingerprint density at radius 3 is 1.49 bits per heavy atom. The largest absolute Gasteiger partial charge is 0.453 e. The summed E-state index contributed by atoms with van der Waals surface area (Å²) < 4.78 is 9.35. The van der Waals surface area contributed by atoms with Gasteiger partial charge >= 0.3 is 0 Å². The van der Waals surface area contributed by atoms with Gasteiger partial charge < -0.3 is 13.9 Å². The van der Waals surface area contributed by atoms with E-state index in [1.165, 1.54) is 60.0 Å². The van der Waals surface area contributed by atoms with E-state index in [0.717, 1.165) is 72.2 Å². The van der Waals surface area contributed by atoms with Gasteiger partial charge in [-0.15, -0.1) is 0 Å². The molecule has 3 heteroatoms. The second kappa shape index (κ2) is 15.7. The Morgan fingerprint density at radius 1 is 0.290 bits per heavy atom. The predicted molar refractivity (Wildman–Crippen MR) is 292 cm³/mol. The van der Waals surface area contributed by atoms with E-state index < -0.39 is 0 Å². The summed E-state index contributed by atoms with van der Waals surface area (Å²) in [6, 6.07) is 92.3. The summed E-state index contributed by atoms with van der Waals surface area (Å²) in [4.78, 5) is 2.34. The van der Waals surface area contributed by atoms with Gasteiger partial charge in [-0.3, -0.25) is 0 Å². The Balaban J connectivity index is 0.858. The summed E-state index contributed by atoms with van der Waals surface area (Å²) in [5, 5.41) is 12.1. The van der Waals surface area contributed by atoms with Crippen LogP contribution in [0.5, 0.6) is 0 Å². The van der Waals surface area contributed by atoms with E-state index in [4.69, 9.17) is 4.42 Å². The van der Waals surface area contributed by atoms with Crippen molar-refractivity contribution in [2.24, 2.45) is 0 Å². The quantitative estimate of drug-likeness (QED) is 0.149. The van der Waals surface area contributed by atoms with Crippen molar-refractivity contribution in [2.75, 3.05) is 4.90 Å². The van der Waals surface area contributed by atoms with Crippen LogP contribution in [-0.4, -0.2) is 4.57 Å². The van der Waals surface area contributed by atoms with Crippen LogP contribution in [0.2, 0.25) is 0 Å². The molecule has 0 amide bonds. The molecule has 0 aliphatic heterocycles. The third kappa shape index (κ3) is 6.36. The van der Waals surface area contributed by atoms with Crippen molar-refractivity contribution in [3.63, 3.8) is 0 Å². The average Bonchev–Trinajstić information content (AvgIpc) is 3.98. The summed E-state index contributed by atoms with van der Waals surface area (Å²) >= 11 is 0. The lowest BCUT2D eigenvalue weighted by molar-refractivity contribution is 0.673. The van der Waals surface area contributed by atoms with Crippen LogP contribution >= 0.6 is 0 Å². The van der Waals surface area contributed by atoms with Crippen molar-refractivity contribution in [3.05, 3.63) is 255 Å². The van der Waals surface area contributed by atoms with Crippen LogP contribution in [0.4, 0.5) is 17.1 Å². The SMILES string of the molecule is c1cc(-c2ccc(N(c3ccc(-c4ccc(-c5cc6ccccc6c6ccccc56)cc4)cc3)c3cccc4c3oc3c5ccccc5ccc43)cc2)cc(-n2c3ccccc3c3ccccc32)c1. The molecule has 0 aliphatic rings. The number of benzene rings is 12. The van der Waals surface area contributed by atoms with E-state index >= 15 is 0 Å². The Kier molecular flexibility index (Phi) is 8.90. The highest BCUT2D eigenvalue weighted by Gasteiger charge is 2.21. The highest BCUT2D eigenvalue weighted by Crippen LogP contribution is 2.45. The van der Waals surface area contributed by atoms with Crippen molar-refractivity contribution in [3.8, 4) is 39.1 Å². The second-order valence-corrected chi connectivity index (χ2v) is 18.0. The van der Waals surface area contributed by atoms with E-state index in [2.05, 4.69) is 264 Å². The molecule has 0 unspecified atom stereocenters. The fraction of sp³-hybridized carbons (Fsp3) is 0. The molecule has 0 bridgehead atoms. The zero-order valence-electron chi connectivity index (χ0n) is 37.6. The molecule has 322 valence electrons. The summed E-state index contributed by atoms with van der Waals surface area (Å²) in [7, 11) is 0. The second-order valence-electron chi connectivity index (χ2n) is 18.0. The standard InChI is InChI=1S/C66H42N2O/c1-4-18-54-46(13-1)35-40-60-59-23-12-26-64(66(59)69-65(54)60)67(51-38-33-45(34-39-51)48-15-11-16-52(41-48)68-62-24-9-7-21-57(62)58-22-8-10-25-63(58)68)50-36-31-44(32-37-50)43-27-29-47(30-28-43)61-42-49-14-2-3-17-53(49)55-19-5-6-20-56(55)61/h1-42H. The van der Waals surface area contributed by atoms with Gasteiger partial charge in [-0.2, -0.15) is 0 Å². The van der Waals surface area contributed by atoms with Gasteiger partial charge in [0.15, 0.2) is 5.58 Å². The van der Waals surface area contributed by atoms with Gasteiger partial charge in [0.2, 0.25) is 0 Å². The maximum Gasteiger partial charge on any atom is 0.159 e. The van der Waals surface area contributed by atoms with Crippen molar-refractivity contribution < 1.29 is 4.42 Å². The minimum absolute atomic E-state index is 0.854. The van der Waals surface area contributed by atoms with Crippen LogP contribution in [0.25, 0.3) is 115 Å². The number of fused-ring (bicyclic) bond motifs is 11. The van der Waals surface area contributed by atoms with Gasteiger partial charge in [-0.05, 0) is 127 Å². The fourth-order valence-corrected chi connectivity index (χ4v) is 10.9. The van der Waals surface area contributed by atoms with Crippen molar-refractivity contribution in [1.29, 1.82) is 0 Å². The number of furan rings is 1. The van der Waals surface area contributed by atoms with E-state index in [9.17, 15) is 0 Å². The summed E-state index contributed by atoms with van der Waals surface area (Å²) in [6.45, 7) is 0. The molecule has 0 fully saturated rings. The predicted octanol–water partition coefficient (Wildman–Crippen LogP) is 18.6. The molecule has 2 heterocycles. The molecule has 3 nitrogen and oxygen atoms in total. The van der Waals surface area contributed by atoms with Crippen LogP contribution in [0.1, 0.15) is 0 Å². The highest BCUT2D eigenvalue weighted by molar-refractivity contribution is 6.18. The van der Waals surface area contributed by atoms with Crippen molar-refractivity contribution in [1.82, 2.24) is 4.57 Å². The summed E-state index contributed by atoms with van der Waals surface area (Å²) in [5.74, 6) is 0. The monoisotopic (exact) mass is 878 g/mol. The molecule has 0 N–H and O–H groups in total. The molecule has 69 heavy (non-hydrogen) atoms. The Bertz CT molecular complexity index is 4240. The molecular formula is C66H42N2O. The maximum atomic E-state index is 6.97. The first-order valence-corrected chi connectivity index (χ1v) is 23.7. The van der Waals surface area contributed by atoms with Crippen LogP contribution in [0.3, 0.4) is 0 Å². The lowest BCUT2D eigenvalue weighted by Gasteiger charge is -2.26. The fourth-order valence-electron chi connectivity index (χ4n) is 10.9. The third-order valence-electron chi connectivity index (χ3n) is 14.2. The third-order valence-corrected chi connectivity index (χ3v) is 14.2. The van der Waals surface area contributed by atoms with Crippen LogP contribution in [0.15, 0.2) is 259 Å². The lowest BCUT2D eigenvalue weighted by Crippen LogP contribution is -2.10. The van der Waals surface area contributed by atoms with Crippen LogP contribution in [-0.2, 0) is 0 Å². The molecule has 0 atom stereocenters. The molecule has 2 aromatic heterocycles. The topological polar surface area (TPSA) is 21.3 Å². The zero-order chi connectivity index (χ0) is 45.4. The van der Waals surface area contributed by atoms with Crippen molar-refractivity contribution in [2.45, 2.75) is 0 Å². The maximum absolute atomic E-state index is 6.97. The summed E-state index contributed by atoms with van der Waals surface area (Å²) in [6.07, 6.45) is 0. The van der Waals surface area contributed by atoms with Crippen molar-refractivity contribution >= 4 is 93.1 Å². The number of nitrogens with zero attached hydrogens (tertiary/aromatic N) is 2. The smallest absolute Gasteiger partial charge is 0.159 e. The number of rotatable bonds is 7. The molecule has 0 spiro atoms. The first-order valence-electron chi connectivity index (χ1n) is 23.7. The van der Waals surface area contributed by atoms with E-state index in [1.807, 2.05) is 0 Å². The number of hydrogen-bond donors (Lipinski definition) is 0. The van der Waals surface area contributed by atoms with E-state index in [-0.39, 0.29) is 0 Å². The minimum atomic E-state index is 0.854. The van der Waals surface area contributed by atoms with Crippen LogP contribution in [0, 0.1) is 0 Å². The van der Waals surface area contributed by atoms with Gasteiger partial charge in [0.1, 0.15) is 5.58 Å². The molecule has 0 saturated carbocycles. The number of anilines is 3. The lowest BCUT2D eigenvalue weighted by atomic mass is 9.92. The molecule has 14 aromatic rings. The Morgan fingerprint density at radius 2 is 0.797 bits per heavy atom. The molecule has 14 rings (SSSR count). The van der Waals surface area contributed by atoms with Gasteiger partial charge in [0.05, 0.1) is 16.7 Å². The number of para-hydroxylation sites is 3. The van der Waals surface area contributed by atoms with Gasteiger partial charge in [-0.25, -0.2) is 0 Å². The molecular weight excluding hydrogens is 837 g/mol. The first kappa shape index (κ1) is 39.0. The number of hydrogen-bond acceptors (Lipinski definition) is 2. The Hall–Kier alpha value is -9.18. The van der Waals surface area contributed by atoms with Gasteiger partial charge in [0.25, 0.3) is 0 Å². The normalized spacial score (nSPS) is 11.8. The zero-order valence-corrected chi connectivity index (χ0v) is 37.6. The highest BCUT2D eigenvalue weighted by atomic mass is 16.3. The molecule has 12 aromatic carbocycles. The molecule has 0 aliphatic carbocycles. The first-order chi connectivity index (χ1) is 34.2. The molecule has 0 radical (unpaired) electrons. The number of aromatic nitrogens is 1. The average molecular weight is 879 g/mol. The van der Waals surface area contributed by atoms with Crippen LogP contribution < -0.4 is 4.90 Å². The summed E-state index contributed by atoms with van der Waals surface area (Å²) in [5.41, 5.74) is 15.4. The van der Waals surface area contributed by atoms with E-state index in [1.54, 1.807) is 0 Å². The minimum Gasteiger partial charge on any atom is -0.453 e. The van der Waals surface area contributed by atoms with Gasteiger partial charge in [0, 0.05) is 44.0 Å². The molecule has 0 saturated heterocycles. The van der Waals surface area contributed by atoms with E-state index in [0.29, 0.717) is 0 Å². The van der Waals surface area contributed by atoms with Gasteiger partial charge in [-0.1, -0.05) is 188 Å². The Labute approximate surface area is 399 Å².